The highest BCUT2D eigenvalue weighted by atomic mass is 16.5. The zero-order valence-electron chi connectivity index (χ0n) is 20.2. The highest BCUT2D eigenvalue weighted by molar-refractivity contribution is 5.87. The molecule has 1 aliphatic carbocycles. The highest BCUT2D eigenvalue weighted by Crippen LogP contribution is 2.59. The standard InChI is InChI=1S/C24H29NO2.C4H4O4/c1-18-5-9-20(10-6-18)24(21-11-7-19(2)8-12-21)17-22(24)23(26)27-16-15-25-13-3-4-14-25;5-3(6)1-2-4(7)8/h5-12,22H,3-4,13-17H2,1-2H3;1-2H,(H,5,6)(H,7,8)/p-2. The van der Waals surface area contributed by atoms with E-state index in [2.05, 4.69) is 67.3 Å². The van der Waals surface area contributed by atoms with Gasteiger partial charge in [0.15, 0.2) is 0 Å². The minimum absolute atomic E-state index is 0.0460. The van der Waals surface area contributed by atoms with Crippen LogP contribution in [-0.2, 0) is 24.5 Å². The van der Waals surface area contributed by atoms with Gasteiger partial charge in [-0.15, -0.1) is 0 Å². The molecule has 1 heterocycles. The van der Waals surface area contributed by atoms with Crippen molar-refractivity contribution in [3.05, 3.63) is 82.9 Å². The molecule has 1 saturated carbocycles. The Morgan fingerprint density at radius 2 is 1.34 bits per heavy atom. The minimum atomic E-state index is -1.55. The molecular formula is C28H31NO6-2. The molecule has 1 atom stereocenters. The number of carbonyl (C=O) groups excluding carboxylic acids is 3. The number of hydrogen-bond acceptors (Lipinski definition) is 7. The number of ether oxygens (including phenoxy) is 1. The van der Waals surface area contributed by atoms with Crippen molar-refractivity contribution in [1.82, 2.24) is 4.90 Å². The van der Waals surface area contributed by atoms with Gasteiger partial charge in [0.2, 0.25) is 0 Å². The van der Waals surface area contributed by atoms with E-state index >= 15 is 0 Å². The summed E-state index contributed by atoms with van der Waals surface area (Å²) < 4.78 is 5.69. The van der Waals surface area contributed by atoms with E-state index in [1.54, 1.807) is 0 Å². The summed E-state index contributed by atoms with van der Waals surface area (Å²) in [6.45, 7) is 7.84. The first-order valence-corrected chi connectivity index (χ1v) is 11.9. The summed E-state index contributed by atoms with van der Waals surface area (Å²) in [5.74, 6) is -3.22. The maximum atomic E-state index is 12.8. The lowest BCUT2D eigenvalue weighted by molar-refractivity contribution is -0.301. The summed E-state index contributed by atoms with van der Waals surface area (Å²) in [6.07, 6.45) is 4.13. The predicted octanol–water partition coefficient (Wildman–Crippen LogP) is 1.29. The van der Waals surface area contributed by atoms with Crippen LogP contribution in [0.25, 0.3) is 0 Å². The van der Waals surface area contributed by atoms with Gasteiger partial charge >= 0.3 is 5.97 Å². The minimum Gasteiger partial charge on any atom is -0.545 e. The Hall–Kier alpha value is -3.45. The SMILES string of the molecule is Cc1ccc(C2(c3ccc(C)cc3)CC2C(=O)OCCN2CCCC2)cc1.O=C([O-])C=CC(=O)[O-]. The van der Waals surface area contributed by atoms with Crippen LogP contribution in [0.5, 0.6) is 0 Å². The summed E-state index contributed by atoms with van der Waals surface area (Å²) in [5.41, 5.74) is 4.69. The monoisotopic (exact) mass is 477 g/mol. The van der Waals surface area contributed by atoms with E-state index < -0.39 is 11.9 Å². The Balaban J connectivity index is 0.000000371. The Kier molecular flexibility index (Phi) is 8.82. The fourth-order valence-electron chi connectivity index (χ4n) is 4.57. The molecule has 2 aromatic carbocycles. The van der Waals surface area contributed by atoms with Crippen LogP contribution < -0.4 is 10.2 Å². The first-order chi connectivity index (χ1) is 16.7. The maximum Gasteiger partial charge on any atom is 0.310 e. The predicted molar refractivity (Wildman–Crippen MR) is 127 cm³/mol. The molecule has 4 rings (SSSR count). The number of hydrogen-bond donors (Lipinski definition) is 0. The second-order valence-corrected chi connectivity index (χ2v) is 9.15. The topological polar surface area (TPSA) is 110 Å². The van der Waals surface area contributed by atoms with Crippen molar-refractivity contribution in [3.8, 4) is 0 Å². The number of nitrogens with zero attached hydrogens (tertiary/aromatic N) is 1. The van der Waals surface area contributed by atoms with Crippen molar-refractivity contribution in [1.29, 1.82) is 0 Å². The molecule has 0 radical (unpaired) electrons. The zero-order valence-corrected chi connectivity index (χ0v) is 20.2. The third kappa shape index (κ3) is 7.02. The van der Waals surface area contributed by atoms with Gasteiger partial charge in [-0.3, -0.25) is 9.69 Å². The van der Waals surface area contributed by atoms with Crippen LogP contribution in [0.1, 0.15) is 41.5 Å². The molecule has 1 saturated heterocycles. The molecule has 1 aliphatic heterocycles. The molecule has 7 heteroatoms. The van der Waals surface area contributed by atoms with E-state index in [0.29, 0.717) is 18.8 Å². The Bertz CT molecular complexity index is 990. The quantitative estimate of drug-likeness (QED) is 0.416. The third-order valence-corrected chi connectivity index (χ3v) is 6.58. The number of rotatable bonds is 8. The van der Waals surface area contributed by atoms with E-state index in [-0.39, 0.29) is 17.3 Å². The van der Waals surface area contributed by atoms with Crippen molar-refractivity contribution in [2.75, 3.05) is 26.2 Å². The van der Waals surface area contributed by atoms with Gasteiger partial charge in [0.05, 0.1) is 17.9 Å². The molecule has 2 fully saturated rings. The summed E-state index contributed by atoms with van der Waals surface area (Å²) in [4.78, 5) is 34.0. The van der Waals surface area contributed by atoms with Crippen molar-refractivity contribution in [2.24, 2.45) is 5.92 Å². The Morgan fingerprint density at radius 3 is 1.77 bits per heavy atom. The van der Waals surface area contributed by atoms with Crippen LogP contribution >= 0.6 is 0 Å². The average Bonchev–Trinajstić information content (AvgIpc) is 3.37. The molecule has 2 aliphatic rings. The van der Waals surface area contributed by atoms with Gasteiger partial charge in [0.25, 0.3) is 0 Å². The molecule has 0 amide bonds. The number of likely N-dealkylation sites (tertiary alicyclic amines) is 1. The number of aryl methyl sites for hydroxylation is 2. The van der Waals surface area contributed by atoms with Gasteiger partial charge in [0.1, 0.15) is 6.61 Å². The van der Waals surface area contributed by atoms with Crippen LogP contribution in [0.3, 0.4) is 0 Å². The fourth-order valence-corrected chi connectivity index (χ4v) is 4.57. The molecule has 0 spiro atoms. The summed E-state index contributed by atoms with van der Waals surface area (Å²) >= 11 is 0. The first kappa shape index (κ1) is 26.2. The lowest BCUT2D eigenvalue weighted by atomic mass is 9.85. The number of aliphatic carboxylic acids is 2. The third-order valence-electron chi connectivity index (χ3n) is 6.58. The Morgan fingerprint density at radius 1 is 0.886 bits per heavy atom. The first-order valence-electron chi connectivity index (χ1n) is 11.9. The van der Waals surface area contributed by atoms with Crippen LogP contribution in [-0.4, -0.2) is 49.0 Å². The van der Waals surface area contributed by atoms with Crippen LogP contribution in [0, 0.1) is 19.8 Å². The molecule has 35 heavy (non-hydrogen) atoms. The van der Waals surface area contributed by atoms with Crippen molar-refractivity contribution in [3.63, 3.8) is 0 Å². The van der Waals surface area contributed by atoms with E-state index in [1.807, 2.05) is 0 Å². The summed E-state index contributed by atoms with van der Waals surface area (Å²) in [7, 11) is 0. The highest BCUT2D eigenvalue weighted by Gasteiger charge is 2.61. The van der Waals surface area contributed by atoms with E-state index in [9.17, 15) is 24.6 Å². The smallest absolute Gasteiger partial charge is 0.310 e. The number of esters is 1. The molecule has 186 valence electrons. The van der Waals surface area contributed by atoms with Gasteiger partial charge in [-0.2, -0.15) is 0 Å². The molecule has 7 nitrogen and oxygen atoms in total. The van der Waals surface area contributed by atoms with Gasteiger partial charge in [-0.1, -0.05) is 59.7 Å². The number of carbonyl (C=O) groups is 3. The van der Waals surface area contributed by atoms with Crippen LogP contribution in [0.15, 0.2) is 60.7 Å². The molecular weight excluding hydrogens is 446 g/mol. The molecule has 0 aromatic heterocycles. The number of carboxylic acids is 2. The average molecular weight is 478 g/mol. The lowest BCUT2D eigenvalue weighted by Gasteiger charge is -2.20. The number of benzene rings is 2. The Labute approximate surface area is 206 Å². The largest absolute Gasteiger partial charge is 0.545 e. The van der Waals surface area contributed by atoms with E-state index in [4.69, 9.17) is 4.74 Å². The van der Waals surface area contributed by atoms with Crippen LogP contribution in [0.2, 0.25) is 0 Å². The van der Waals surface area contributed by atoms with Crippen LogP contribution in [0.4, 0.5) is 0 Å². The second-order valence-electron chi connectivity index (χ2n) is 9.15. The van der Waals surface area contributed by atoms with Gasteiger partial charge in [-0.05, 0) is 69.5 Å². The molecule has 0 N–H and O–H groups in total. The fraction of sp³-hybridized carbons (Fsp3) is 0.393. The van der Waals surface area contributed by atoms with Gasteiger partial charge in [-0.25, -0.2) is 0 Å². The van der Waals surface area contributed by atoms with Gasteiger partial charge < -0.3 is 24.5 Å². The van der Waals surface area contributed by atoms with Crippen molar-refractivity contribution in [2.45, 2.75) is 38.5 Å². The zero-order chi connectivity index (χ0) is 25.4. The molecule has 1 unspecified atom stereocenters. The van der Waals surface area contributed by atoms with E-state index in [1.165, 1.54) is 35.1 Å². The molecule has 0 bridgehead atoms. The second kappa shape index (κ2) is 11.8. The van der Waals surface area contributed by atoms with E-state index in [0.717, 1.165) is 26.1 Å². The lowest BCUT2D eigenvalue weighted by Crippen LogP contribution is -2.26. The maximum absolute atomic E-state index is 12.8. The summed E-state index contributed by atoms with van der Waals surface area (Å²) in [5, 5.41) is 18.8. The molecule has 2 aromatic rings. The number of carboxylic acid groups (broad SMARTS) is 2. The summed E-state index contributed by atoms with van der Waals surface area (Å²) in [6, 6.07) is 17.2. The van der Waals surface area contributed by atoms with Gasteiger partial charge in [0, 0.05) is 12.0 Å². The normalized spacial score (nSPS) is 18.5. The van der Waals surface area contributed by atoms with Crippen molar-refractivity contribution >= 4 is 17.9 Å². The van der Waals surface area contributed by atoms with Crippen molar-refractivity contribution < 1.29 is 29.3 Å².